The minimum Gasteiger partial charge on any atom is -0.390 e. The number of hydrogen-bond donors (Lipinski definition) is 3. The second-order valence-corrected chi connectivity index (χ2v) is 7.12. The van der Waals surface area contributed by atoms with Gasteiger partial charge in [-0.15, -0.1) is 0 Å². The molecule has 3 heteroatoms. The van der Waals surface area contributed by atoms with Gasteiger partial charge in [-0.05, 0) is 74.8 Å². The zero-order valence-corrected chi connectivity index (χ0v) is 14.5. The van der Waals surface area contributed by atoms with E-state index in [-0.39, 0.29) is 0 Å². The number of aromatic amines is 1. The average Bonchev–Trinajstić information content (AvgIpc) is 3.23. The summed E-state index contributed by atoms with van der Waals surface area (Å²) in [5, 5.41) is 15.4. The number of benzene rings is 1. The van der Waals surface area contributed by atoms with E-state index >= 15 is 0 Å². The van der Waals surface area contributed by atoms with Gasteiger partial charge < -0.3 is 15.4 Å². The SMILES string of the molecule is CCC(O)(CC)CCc1ccc2[nH]cc(C[C@H]3CCCN3)c2c1. The van der Waals surface area contributed by atoms with E-state index in [1.54, 1.807) is 0 Å². The topological polar surface area (TPSA) is 48.0 Å². The maximum Gasteiger partial charge on any atom is 0.0645 e. The fourth-order valence-corrected chi connectivity index (χ4v) is 3.73. The van der Waals surface area contributed by atoms with Crippen molar-refractivity contribution < 1.29 is 5.11 Å². The number of nitrogens with one attached hydrogen (secondary N) is 2. The van der Waals surface area contributed by atoms with Gasteiger partial charge in [0.25, 0.3) is 0 Å². The molecular weight excluding hydrogens is 284 g/mol. The Hall–Kier alpha value is -1.32. The molecule has 1 fully saturated rings. The van der Waals surface area contributed by atoms with E-state index in [1.165, 1.54) is 34.9 Å². The van der Waals surface area contributed by atoms with Crippen LogP contribution in [0.5, 0.6) is 0 Å². The summed E-state index contributed by atoms with van der Waals surface area (Å²) < 4.78 is 0. The Bertz CT molecular complexity index is 636. The largest absolute Gasteiger partial charge is 0.390 e. The zero-order chi connectivity index (χ0) is 16.3. The van der Waals surface area contributed by atoms with Crippen molar-refractivity contribution >= 4 is 10.9 Å². The lowest BCUT2D eigenvalue weighted by Crippen LogP contribution is -2.27. The van der Waals surface area contributed by atoms with Crippen LogP contribution < -0.4 is 5.32 Å². The predicted octanol–water partition coefficient (Wildman–Crippen LogP) is 3.95. The maximum atomic E-state index is 10.5. The minimum atomic E-state index is -0.510. The van der Waals surface area contributed by atoms with Crippen LogP contribution in [0.1, 0.15) is 57.1 Å². The van der Waals surface area contributed by atoms with Gasteiger partial charge in [0.05, 0.1) is 5.60 Å². The normalized spacial score (nSPS) is 18.8. The number of aliphatic hydroxyl groups is 1. The van der Waals surface area contributed by atoms with Gasteiger partial charge in [-0.1, -0.05) is 19.9 Å². The van der Waals surface area contributed by atoms with Crippen LogP contribution in [0.3, 0.4) is 0 Å². The van der Waals surface area contributed by atoms with E-state index in [9.17, 15) is 5.11 Å². The lowest BCUT2D eigenvalue weighted by molar-refractivity contribution is 0.0239. The van der Waals surface area contributed by atoms with E-state index in [4.69, 9.17) is 0 Å². The molecule has 0 radical (unpaired) electrons. The summed E-state index contributed by atoms with van der Waals surface area (Å²) in [4.78, 5) is 3.41. The van der Waals surface area contributed by atoms with Crippen molar-refractivity contribution in [1.29, 1.82) is 0 Å². The Labute approximate surface area is 139 Å². The zero-order valence-electron chi connectivity index (χ0n) is 14.5. The Morgan fingerprint density at radius 2 is 2.09 bits per heavy atom. The highest BCUT2D eigenvalue weighted by Crippen LogP contribution is 2.26. The van der Waals surface area contributed by atoms with Crippen LogP contribution in [-0.4, -0.2) is 28.3 Å². The highest BCUT2D eigenvalue weighted by Gasteiger charge is 2.22. The minimum absolute atomic E-state index is 0.510. The molecule has 0 bridgehead atoms. The molecule has 1 aromatic heterocycles. The molecule has 1 aliphatic rings. The summed E-state index contributed by atoms with van der Waals surface area (Å²) in [5.41, 5.74) is 3.47. The first-order valence-corrected chi connectivity index (χ1v) is 9.18. The number of fused-ring (bicyclic) bond motifs is 1. The third-order valence-electron chi connectivity index (χ3n) is 5.66. The van der Waals surface area contributed by atoms with Gasteiger partial charge >= 0.3 is 0 Å². The first-order valence-electron chi connectivity index (χ1n) is 9.18. The van der Waals surface area contributed by atoms with Gasteiger partial charge in [0, 0.05) is 23.1 Å². The molecule has 1 atom stereocenters. The molecule has 3 rings (SSSR count). The van der Waals surface area contributed by atoms with Crippen LogP contribution >= 0.6 is 0 Å². The van der Waals surface area contributed by atoms with Gasteiger partial charge in [-0.2, -0.15) is 0 Å². The van der Waals surface area contributed by atoms with E-state index in [0.29, 0.717) is 6.04 Å². The maximum absolute atomic E-state index is 10.5. The summed E-state index contributed by atoms with van der Waals surface area (Å²) in [7, 11) is 0. The predicted molar refractivity (Wildman–Crippen MR) is 96.9 cm³/mol. The van der Waals surface area contributed by atoms with Gasteiger partial charge in [-0.3, -0.25) is 0 Å². The number of hydrogen-bond acceptors (Lipinski definition) is 2. The van der Waals surface area contributed by atoms with Crippen molar-refractivity contribution in [2.24, 2.45) is 0 Å². The van der Waals surface area contributed by atoms with Crippen molar-refractivity contribution in [2.45, 2.75) is 70.4 Å². The monoisotopic (exact) mass is 314 g/mol. The van der Waals surface area contributed by atoms with Gasteiger partial charge in [0.15, 0.2) is 0 Å². The van der Waals surface area contributed by atoms with Crippen LogP contribution in [0.15, 0.2) is 24.4 Å². The fraction of sp³-hybridized carbons (Fsp3) is 0.600. The molecule has 0 spiro atoms. The average molecular weight is 314 g/mol. The summed E-state index contributed by atoms with van der Waals surface area (Å²) in [6.45, 7) is 5.31. The molecule has 0 saturated carbocycles. The first-order chi connectivity index (χ1) is 11.1. The third kappa shape index (κ3) is 3.78. The number of H-pyrrole nitrogens is 1. The quantitative estimate of drug-likeness (QED) is 0.725. The Morgan fingerprint density at radius 3 is 2.78 bits per heavy atom. The summed E-state index contributed by atoms with van der Waals surface area (Å²) in [6, 6.07) is 7.33. The second kappa shape index (κ2) is 7.06. The van der Waals surface area contributed by atoms with Crippen LogP contribution in [0.25, 0.3) is 10.9 Å². The van der Waals surface area contributed by atoms with Crippen LogP contribution in [0.2, 0.25) is 0 Å². The summed E-state index contributed by atoms with van der Waals surface area (Å²) in [5.74, 6) is 0. The van der Waals surface area contributed by atoms with Crippen LogP contribution in [0, 0.1) is 0 Å². The number of aryl methyl sites for hydroxylation is 1. The Kier molecular flexibility index (Phi) is 5.08. The van der Waals surface area contributed by atoms with Crippen molar-refractivity contribution in [3.05, 3.63) is 35.5 Å². The van der Waals surface area contributed by atoms with Crippen LogP contribution in [-0.2, 0) is 12.8 Å². The molecule has 0 unspecified atom stereocenters. The standard InChI is InChI=1S/C20H30N2O/c1-3-20(23,4-2)10-9-15-7-8-19-18(12-15)16(14-22-19)13-17-6-5-11-21-17/h7-8,12,14,17,21-23H,3-6,9-11,13H2,1-2H3/t17-/m1/s1. The highest BCUT2D eigenvalue weighted by atomic mass is 16.3. The molecule has 0 amide bonds. The molecule has 0 aliphatic carbocycles. The first kappa shape index (κ1) is 16.5. The second-order valence-electron chi connectivity index (χ2n) is 7.12. The third-order valence-corrected chi connectivity index (χ3v) is 5.66. The number of aromatic nitrogens is 1. The highest BCUT2D eigenvalue weighted by molar-refractivity contribution is 5.84. The van der Waals surface area contributed by atoms with E-state index < -0.39 is 5.60 Å². The smallest absolute Gasteiger partial charge is 0.0645 e. The van der Waals surface area contributed by atoms with Crippen molar-refractivity contribution in [2.75, 3.05) is 6.54 Å². The molecule has 2 heterocycles. The van der Waals surface area contributed by atoms with Crippen molar-refractivity contribution in [3.8, 4) is 0 Å². The lowest BCUT2D eigenvalue weighted by Gasteiger charge is -2.25. The lowest BCUT2D eigenvalue weighted by atomic mass is 9.89. The van der Waals surface area contributed by atoms with Gasteiger partial charge in [0.1, 0.15) is 0 Å². The van der Waals surface area contributed by atoms with E-state index in [2.05, 4.69) is 48.5 Å². The van der Waals surface area contributed by atoms with Gasteiger partial charge in [0.2, 0.25) is 0 Å². The molecule has 23 heavy (non-hydrogen) atoms. The molecule has 3 N–H and O–H groups in total. The molecular formula is C20H30N2O. The van der Waals surface area contributed by atoms with Gasteiger partial charge in [-0.25, -0.2) is 0 Å². The number of rotatable bonds is 7. The molecule has 126 valence electrons. The van der Waals surface area contributed by atoms with E-state index in [1.807, 2.05) is 0 Å². The van der Waals surface area contributed by atoms with E-state index in [0.717, 1.165) is 38.6 Å². The molecule has 1 aromatic carbocycles. The van der Waals surface area contributed by atoms with Crippen LogP contribution in [0.4, 0.5) is 0 Å². The molecule has 3 nitrogen and oxygen atoms in total. The summed E-state index contributed by atoms with van der Waals surface area (Å²) in [6.07, 6.45) is 9.30. The fourth-order valence-electron chi connectivity index (χ4n) is 3.73. The van der Waals surface area contributed by atoms with Crippen molar-refractivity contribution in [1.82, 2.24) is 10.3 Å². The van der Waals surface area contributed by atoms with Crippen molar-refractivity contribution in [3.63, 3.8) is 0 Å². The Morgan fingerprint density at radius 1 is 1.26 bits per heavy atom. The molecule has 1 saturated heterocycles. The summed E-state index contributed by atoms with van der Waals surface area (Å²) >= 11 is 0. The molecule has 1 aliphatic heterocycles. The molecule has 2 aromatic rings. The Balaban J connectivity index is 1.74.